The molecular formula is C14H21ClN2. The number of hydrogen-bond donors (Lipinski definition) is 0. The Morgan fingerprint density at radius 2 is 2.24 bits per heavy atom. The summed E-state index contributed by atoms with van der Waals surface area (Å²) >= 11 is 6.10. The molecule has 1 rings (SSSR count). The third kappa shape index (κ3) is 4.18. The summed E-state index contributed by atoms with van der Waals surface area (Å²) in [5, 5.41) is 9.48. The minimum atomic E-state index is 0.0967. The van der Waals surface area contributed by atoms with Crippen LogP contribution < -0.4 is 0 Å². The predicted octanol–water partition coefficient (Wildman–Crippen LogP) is 3.70. The van der Waals surface area contributed by atoms with Crippen molar-refractivity contribution in [1.82, 2.24) is 4.90 Å². The number of nitriles is 1. The maximum Gasteiger partial charge on any atom is 0.100 e. The highest BCUT2D eigenvalue weighted by molar-refractivity contribution is 6.32. The normalized spacial score (nSPS) is 24.2. The molecule has 0 aromatic rings. The highest BCUT2D eigenvalue weighted by Crippen LogP contribution is 2.37. The zero-order valence-corrected chi connectivity index (χ0v) is 11.7. The van der Waals surface area contributed by atoms with E-state index in [0.29, 0.717) is 10.6 Å². The van der Waals surface area contributed by atoms with E-state index in [1.807, 2.05) is 12.2 Å². The van der Waals surface area contributed by atoms with Crippen LogP contribution in [0.1, 0.15) is 33.1 Å². The third-order valence-corrected chi connectivity index (χ3v) is 3.61. The van der Waals surface area contributed by atoms with Crippen molar-refractivity contribution in [1.29, 1.82) is 5.26 Å². The van der Waals surface area contributed by atoms with Crippen LogP contribution in [0, 0.1) is 16.7 Å². The Balaban J connectivity index is 2.56. The van der Waals surface area contributed by atoms with Crippen LogP contribution in [-0.2, 0) is 0 Å². The average molecular weight is 253 g/mol. The van der Waals surface area contributed by atoms with Gasteiger partial charge in [-0.05, 0) is 44.8 Å². The van der Waals surface area contributed by atoms with E-state index in [1.165, 1.54) is 6.42 Å². The van der Waals surface area contributed by atoms with Crippen molar-refractivity contribution >= 4 is 11.6 Å². The van der Waals surface area contributed by atoms with Gasteiger partial charge in [-0.25, -0.2) is 0 Å². The smallest absolute Gasteiger partial charge is 0.100 e. The van der Waals surface area contributed by atoms with Gasteiger partial charge in [-0.1, -0.05) is 37.6 Å². The summed E-state index contributed by atoms with van der Waals surface area (Å²) in [7, 11) is 2.15. The molecule has 0 fully saturated rings. The quantitative estimate of drug-likeness (QED) is 0.746. The van der Waals surface area contributed by atoms with Gasteiger partial charge in [0.05, 0.1) is 10.6 Å². The molecule has 0 aromatic heterocycles. The summed E-state index contributed by atoms with van der Waals surface area (Å²) in [5.74, 6) is 0. The second kappa shape index (κ2) is 6.23. The average Bonchev–Trinajstić information content (AvgIpc) is 2.27. The van der Waals surface area contributed by atoms with Gasteiger partial charge in [-0.15, -0.1) is 0 Å². The zero-order valence-electron chi connectivity index (χ0n) is 11.0. The topological polar surface area (TPSA) is 27.0 Å². The van der Waals surface area contributed by atoms with Crippen LogP contribution in [0.2, 0.25) is 0 Å². The molecule has 1 aliphatic carbocycles. The summed E-state index contributed by atoms with van der Waals surface area (Å²) in [5.41, 5.74) is 0.713. The van der Waals surface area contributed by atoms with E-state index >= 15 is 0 Å². The summed E-state index contributed by atoms with van der Waals surface area (Å²) < 4.78 is 0. The van der Waals surface area contributed by atoms with Crippen LogP contribution in [0.25, 0.3) is 0 Å². The zero-order chi connectivity index (χ0) is 12.9. The fourth-order valence-corrected chi connectivity index (χ4v) is 2.47. The van der Waals surface area contributed by atoms with Crippen LogP contribution in [-0.4, -0.2) is 25.0 Å². The van der Waals surface area contributed by atoms with Crippen LogP contribution >= 0.6 is 11.6 Å². The van der Waals surface area contributed by atoms with Crippen molar-refractivity contribution < 1.29 is 0 Å². The predicted molar refractivity (Wildman–Crippen MR) is 72.8 cm³/mol. The van der Waals surface area contributed by atoms with E-state index in [1.54, 1.807) is 0 Å². The number of halogens is 1. The summed E-state index contributed by atoms with van der Waals surface area (Å²) in [4.78, 5) is 2.34. The fourth-order valence-electron chi connectivity index (χ4n) is 2.09. The van der Waals surface area contributed by atoms with Gasteiger partial charge in [0, 0.05) is 0 Å². The van der Waals surface area contributed by atoms with Gasteiger partial charge < -0.3 is 4.90 Å². The van der Waals surface area contributed by atoms with E-state index < -0.39 is 0 Å². The Kier molecular flexibility index (Phi) is 5.24. The van der Waals surface area contributed by atoms with Gasteiger partial charge in [-0.3, -0.25) is 0 Å². The van der Waals surface area contributed by atoms with Gasteiger partial charge >= 0.3 is 0 Å². The Bertz CT molecular complexity index is 365. The Morgan fingerprint density at radius 3 is 2.76 bits per heavy atom. The summed E-state index contributed by atoms with van der Waals surface area (Å²) in [6, 6.07) is 2.13. The van der Waals surface area contributed by atoms with E-state index in [4.69, 9.17) is 16.9 Å². The van der Waals surface area contributed by atoms with Crippen LogP contribution in [0.15, 0.2) is 22.8 Å². The van der Waals surface area contributed by atoms with Gasteiger partial charge in [-0.2, -0.15) is 5.26 Å². The molecule has 1 atom stereocenters. The molecule has 1 unspecified atom stereocenters. The Labute approximate surface area is 110 Å². The first-order valence-corrected chi connectivity index (χ1v) is 6.56. The van der Waals surface area contributed by atoms with Crippen molar-refractivity contribution in [3.8, 4) is 6.07 Å². The molecule has 0 amide bonds. The first-order valence-electron chi connectivity index (χ1n) is 6.18. The van der Waals surface area contributed by atoms with Crippen LogP contribution in [0.5, 0.6) is 0 Å². The van der Waals surface area contributed by atoms with Gasteiger partial charge in [0.1, 0.15) is 6.07 Å². The number of hydrogen-bond acceptors (Lipinski definition) is 2. The lowest BCUT2D eigenvalue weighted by molar-refractivity contribution is 0.271. The van der Waals surface area contributed by atoms with E-state index in [2.05, 4.69) is 31.9 Å². The molecule has 1 aliphatic rings. The maximum absolute atomic E-state index is 8.87. The molecule has 0 spiro atoms. The molecule has 94 valence electrons. The lowest BCUT2D eigenvalue weighted by Gasteiger charge is -2.30. The molecule has 2 nitrogen and oxygen atoms in total. The number of allylic oxidation sites excluding steroid dienone is 4. The summed E-state index contributed by atoms with van der Waals surface area (Å²) in [6.45, 7) is 6.60. The molecule has 0 radical (unpaired) electrons. The second-order valence-corrected chi connectivity index (χ2v) is 5.54. The molecule has 17 heavy (non-hydrogen) atoms. The first kappa shape index (κ1) is 14.3. The lowest BCUT2D eigenvalue weighted by atomic mass is 9.79. The molecule has 0 aliphatic heterocycles. The van der Waals surface area contributed by atoms with Crippen molar-refractivity contribution in [2.45, 2.75) is 33.1 Å². The third-order valence-electron chi connectivity index (χ3n) is 3.30. The SMILES string of the molecule is CCCN(C)CCC1(C)C=C(Cl)C(C#N)=CC1. The molecule has 3 heteroatoms. The lowest BCUT2D eigenvalue weighted by Crippen LogP contribution is -2.26. The molecule has 0 N–H and O–H groups in total. The first-order chi connectivity index (χ1) is 8.00. The molecular weight excluding hydrogens is 232 g/mol. The van der Waals surface area contributed by atoms with E-state index in [9.17, 15) is 0 Å². The molecule has 0 saturated carbocycles. The molecule has 0 heterocycles. The van der Waals surface area contributed by atoms with Crippen molar-refractivity contribution in [2.24, 2.45) is 5.41 Å². The van der Waals surface area contributed by atoms with E-state index in [-0.39, 0.29) is 5.41 Å². The maximum atomic E-state index is 8.87. The monoisotopic (exact) mass is 252 g/mol. The standard InChI is InChI=1S/C14H21ClN2/c1-4-8-17(3)9-7-14(2)6-5-12(11-16)13(15)10-14/h5,10H,4,6-9H2,1-3H3. The van der Waals surface area contributed by atoms with Crippen molar-refractivity contribution in [3.05, 3.63) is 22.8 Å². The van der Waals surface area contributed by atoms with Crippen molar-refractivity contribution in [2.75, 3.05) is 20.1 Å². The summed E-state index contributed by atoms with van der Waals surface area (Å²) in [6.07, 6.45) is 7.18. The van der Waals surface area contributed by atoms with Crippen LogP contribution in [0.4, 0.5) is 0 Å². The second-order valence-electron chi connectivity index (χ2n) is 5.13. The number of nitrogens with zero attached hydrogens (tertiary/aromatic N) is 2. The highest BCUT2D eigenvalue weighted by atomic mass is 35.5. The minimum Gasteiger partial charge on any atom is -0.306 e. The number of rotatable bonds is 5. The van der Waals surface area contributed by atoms with Gasteiger partial charge in [0.15, 0.2) is 0 Å². The molecule has 0 aromatic carbocycles. The van der Waals surface area contributed by atoms with E-state index in [0.717, 1.165) is 25.9 Å². The Hall–Kier alpha value is -0.780. The minimum absolute atomic E-state index is 0.0967. The molecule has 0 bridgehead atoms. The van der Waals surface area contributed by atoms with Crippen LogP contribution in [0.3, 0.4) is 0 Å². The highest BCUT2D eigenvalue weighted by Gasteiger charge is 2.25. The van der Waals surface area contributed by atoms with Crippen molar-refractivity contribution in [3.63, 3.8) is 0 Å². The van der Waals surface area contributed by atoms with Gasteiger partial charge in [0.25, 0.3) is 0 Å². The fraction of sp³-hybridized carbons (Fsp3) is 0.643. The largest absolute Gasteiger partial charge is 0.306 e. The van der Waals surface area contributed by atoms with Gasteiger partial charge in [0.2, 0.25) is 0 Å². The Morgan fingerprint density at radius 1 is 1.53 bits per heavy atom. The molecule has 0 saturated heterocycles.